The first-order valence-electron chi connectivity index (χ1n) is 8.98. The van der Waals surface area contributed by atoms with Crippen LogP contribution < -0.4 is 5.32 Å². The predicted octanol–water partition coefficient (Wildman–Crippen LogP) is 1.92. The molecule has 2 aromatic carbocycles. The molecular weight excluding hydrogens is 441 g/mol. The molecule has 1 aliphatic heterocycles. The van der Waals surface area contributed by atoms with Crippen LogP contribution in [0.2, 0.25) is 0 Å². The van der Waals surface area contributed by atoms with E-state index in [1.54, 1.807) is 0 Å². The van der Waals surface area contributed by atoms with Crippen LogP contribution in [0, 0.1) is 17.5 Å². The van der Waals surface area contributed by atoms with E-state index in [-0.39, 0.29) is 23.5 Å². The summed E-state index contributed by atoms with van der Waals surface area (Å²) in [6.07, 6.45) is 0. The number of nitrogens with one attached hydrogen (secondary N) is 1. The summed E-state index contributed by atoms with van der Waals surface area (Å²) in [5.41, 5.74) is -0.634. The summed E-state index contributed by atoms with van der Waals surface area (Å²) in [5.74, 6) is -6.67. The van der Waals surface area contributed by atoms with Gasteiger partial charge in [-0.05, 0) is 36.4 Å². The molecule has 0 aromatic heterocycles. The number of halogens is 3. The Balaban J connectivity index is 1.58. The molecule has 12 heteroatoms. The molecule has 1 N–H and O–H groups in total. The highest BCUT2D eigenvalue weighted by Gasteiger charge is 2.26. The van der Waals surface area contributed by atoms with E-state index in [1.165, 1.54) is 28.6 Å². The van der Waals surface area contributed by atoms with E-state index in [1.807, 2.05) is 5.32 Å². The van der Waals surface area contributed by atoms with Crippen molar-refractivity contribution >= 4 is 27.6 Å². The van der Waals surface area contributed by atoms with Crippen molar-refractivity contribution < 1.29 is 40.7 Å². The van der Waals surface area contributed by atoms with Gasteiger partial charge in [0.2, 0.25) is 10.0 Å². The van der Waals surface area contributed by atoms with E-state index in [0.717, 1.165) is 6.07 Å². The van der Waals surface area contributed by atoms with E-state index in [9.17, 15) is 31.2 Å². The van der Waals surface area contributed by atoms with Crippen molar-refractivity contribution in [1.82, 2.24) is 4.31 Å². The summed E-state index contributed by atoms with van der Waals surface area (Å²) in [7, 11) is -3.73. The lowest BCUT2D eigenvalue weighted by atomic mass is 10.2. The van der Waals surface area contributed by atoms with Gasteiger partial charge in [-0.2, -0.15) is 4.31 Å². The predicted molar refractivity (Wildman–Crippen MR) is 101 cm³/mol. The quantitative estimate of drug-likeness (QED) is 0.524. The van der Waals surface area contributed by atoms with E-state index in [2.05, 4.69) is 0 Å². The van der Waals surface area contributed by atoms with Gasteiger partial charge in [0.25, 0.3) is 5.91 Å². The third-order valence-electron chi connectivity index (χ3n) is 4.34. The number of amides is 1. The molecule has 0 radical (unpaired) electrons. The number of anilines is 1. The summed E-state index contributed by atoms with van der Waals surface area (Å²) in [6.45, 7) is 0.199. The van der Waals surface area contributed by atoms with Crippen LogP contribution in [-0.2, 0) is 24.3 Å². The van der Waals surface area contributed by atoms with Gasteiger partial charge in [0, 0.05) is 13.1 Å². The Morgan fingerprint density at radius 2 is 1.65 bits per heavy atom. The van der Waals surface area contributed by atoms with Crippen molar-refractivity contribution in [3.63, 3.8) is 0 Å². The fraction of sp³-hybridized carbons (Fsp3) is 0.263. The Hall–Kier alpha value is -2.96. The number of esters is 1. The number of carbonyl (C=O) groups is 2. The Labute approximate surface area is 175 Å². The fourth-order valence-electron chi connectivity index (χ4n) is 2.72. The maximum atomic E-state index is 13.6. The molecule has 0 unspecified atom stereocenters. The van der Waals surface area contributed by atoms with Crippen LogP contribution in [0.3, 0.4) is 0 Å². The molecular formula is C19H17F3N2O6S. The zero-order valence-electron chi connectivity index (χ0n) is 15.9. The first kappa shape index (κ1) is 22.7. The van der Waals surface area contributed by atoms with Gasteiger partial charge in [0.15, 0.2) is 24.1 Å². The third kappa shape index (κ3) is 5.21. The van der Waals surface area contributed by atoms with Gasteiger partial charge < -0.3 is 14.8 Å². The molecule has 0 atom stereocenters. The number of carbonyl (C=O) groups excluding carboxylic acids is 2. The third-order valence-corrected chi connectivity index (χ3v) is 6.25. The number of hydrogen-bond acceptors (Lipinski definition) is 6. The Bertz CT molecular complexity index is 1090. The minimum absolute atomic E-state index is 0.0162. The zero-order valence-corrected chi connectivity index (χ0v) is 16.8. The lowest BCUT2D eigenvalue weighted by molar-refractivity contribution is -0.119. The maximum absolute atomic E-state index is 13.6. The molecule has 1 heterocycles. The number of nitrogens with zero attached hydrogens (tertiary/aromatic N) is 1. The van der Waals surface area contributed by atoms with Crippen molar-refractivity contribution in [2.24, 2.45) is 0 Å². The second kappa shape index (κ2) is 9.45. The SMILES string of the molecule is O=C(COC(=O)c1ccc(S(=O)(=O)N2CCOCC2)cc1)Nc1ccc(F)c(F)c1F. The summed E-state index contributed by atoms with van der Waals surface area (Å²) in [5, 5.41) is 1.96. The van der Waals surface area contributed by atoms with E-state index in [4.69, 9.17) is 9.47 Å². The van der Waals surface area contributed by atoms with Crippen molar-refractivity contribution in [2.45, 2.75) is 4.90 Å². The monoisotopic (exact) mass is 458 g/mol. The standard InChI is InChI=1S/C19H17F3N2O6S/c20-14-5-6-15(18(22)17(14)21)23-16(25)11-30-19(26)12-1-3-13(4-2-12)31(27,28)24-7-9-29-10-8-24/h1-6H,7-11H2,(H,23,25). The van der Waals surface area contributed by atoms with Gasteiger partial charge >= 0.3 is 5.97 Å². The average Bonchev–Trinajstić information content (AvgIpc) is 2.78. The van der Waals surface area contributed by atoms with Crippen LogP contribution in [0.4, 0.5) is 18.9 Å². The van der Waals surface area contributed by atoms with Crippen molar-refractivity contribution in [2.75, 3.05) is 38.2 Å². The molecule has 1 saturated heterocycles. The van der Waals surface area contributed by atoms with Crippen LogP contribution in [0.25, 0.3) is 0 Å². The van der Waals surface area contributed by atoms with Crippen molar-refractivity contribution in [1.29, 1.82) is 0 Å². The maximum Gasteiger partial charge on any atom is 0.338 e. The van der Waals surface area contributed by atoms with Crippen LogP contribution in [0.5, 0.6) is 0 Å². The van der Waals surface area contributed by atoms with Crippen LogP contribution in [-0.4, -0.2) is 57.5 Å². The normalized spacial score (nSPS) is 14.8. The van der Waals surface area contributed by atoms with E-state index >= 15 is 0 Å². The van der Waals surface area contributed by atoms with E-state index < -0.39 is 51.6 Å². The molecule has 0 spiro atoms. The summed E-state index contributed by atoms with van der Waals surface area (Å²) < 4.78 is 75.9. The van der Waals surface area contributed by atoms with Gasteiger partial charge in [-0.1, -0.05) is 0 Å². The fourth-order valence-corrected chi connectivity index (χ4v) is 4.13. The molecule has 166 valence electrons. The summed E-state index contributed by atoms with van der Waals surface area (Å²) in [6, 6.07) is 6.37. The Kier molecular flexibility index (Phi) is 6.93. The Morgan fingerprint density at radius 1 is 1.00 bits per heavy atom. The second-order valence-electron chi connectivity index (χ2n) is 6.39. The Morgan fingerprint density at radius 3 is 2.29 bits per heavy atom. The molecule has 1 fully saturated rings. The first-order chi connectivity index (χ1) is 14.7. The van der Waals surface area contributed by atoms with Gasteiger partial charge in [-0.3, -0.25) is 4.79 Å². The number of hydrogen-bond donors (Lipinski definition) is 1. The van der Waals surface area contributed by atoms with Crippen LogP contribution in [0.15, 0.2) is 41.3 Å². The van der Waals surface area contributed by atoms with Gasteiger partial charge in [0.05, 0.1) is 29.4 Å². The zero-order chi connectivity index (χ0) is 22.6. The van der Waals surface area contributed by atoms with E-state index in [0.29, 0.717) is 19.3 Å². The van der Waals surface area contributed by atoms with Crippen LogP contribution in [0.1, 0.15) is 10.4 Å². The lowest BCUT2D eigenvalue weighted by Crippen LogP contribution is -2.40. The number of ether oxygens (including phenoxy) is 2. The van der Waals surface area contributed by atoms with Crippen molar-refractivity contribution in [3.05, 3.63) is 59.4 Å². The highest BCUT2D eigenvalue weighted by Crippen LogP contribution is 2.20. The number of sulfonamides is 1. The molecule has 0 aliphatic carbocycles. The molecule has 31 heavy (non-hydrogen) atoms. The molecule has 0 saturated carbocycles. The smallest absolute Gasteiger partial charge is 0.338 e. The minimum atomic E-state index is -3.73. The van der Waals surface area contributed by atoms with Gasteiger partial charge in [-0.15, -0.1) is 0 Å². The molecule has 3 rings (SSSR count). The van der Waals surface area contributed by atoms with Crippen LogP contribution >= 0.6 is 0 Å². The molecule has 1 amide bonds. The van der Waals surface area contributed by atoms with Gasteiger partial charge in [0.1, 0.15) is 0 Å². The molecule has 8 nitrogen and oxygen atoms in total. The average molecular weight is 458 g/mol. The number of morpholine rings is 1. The summed E-state index contributed by atoms with van der Waals surface area (Å²) in [4.78, 5) is 23.8. The highest BCUT2D eigenvalue weighted by atomic mass is 32.2. The first-order valence-corrected chi connectivity index (χ1v) is 10.4. The minimum Gasteiger partial charge on any atom is -0.452 e. The molecule has 2 aromatic rings. The highest BCUT2D eigenvalue weighted by molar-refractivity contribution is 7.89. The van der Waals surface area contributed by atoms with Crippen molar-refractivity contribution in [3.8, 4) is 0 Å². The molecule has 0 bridgehead atoms. The summed E-state index contributed by atoms with van der Waals surface area (Å²) >= 11 is 0. The largest absolute Gasteiger partial charge is 0.452 e. The number of rotatable bonds is 6. The lowest BCUT2D eigenvalue weighted by Gasteiger charge is -2.26. The number of benzene rings is 2. The topological polar surface area (TPSA) is 102 Å². The molecule has 1 aliphatic rings. The van der Waals surface area contributed by atoms with Gasteiger partial charge in [-0.25, -0.2) is 26.4 Å². The second-order valence-corrected chi connectivity index (χ2v) is 8.33.